The summed E-state index contributed by atoms with van der Waals surface area (Å²) in [5.41, 5.74) is 1.50. The predicted molar refractivity (Wildman–Crippen MR) is 116 cm³/mol. The highest BCUT2D eigenvalue weighted by molar-refractivity contribution is 5.99. The van der Waals surface area contributed by atoms with Gasteiger partial charge in [-0.05, 0) is 29.8 Å². The van der Waals surface area contributed by atoms with E-state index in [1.807, 2.05) is 24.3 Å². The van der Waals surface area contributed by atoms with Gasteiger partial charge >= 0.3 is 0 Å². The summed E-state index contributed by atoms with van der Waals surface area (Å²) in [7, 11) is 1.60. The molecule has 1 atom stereocenters. The molecule has 1 saturated heterocycles. The van der Waals surface area contributed by atoms with Crippen LogP contribution in [0.2, 0.25) is 0 Å². The molecule has 0 N–H and O–H groups in total. The fourth-order valence-electron chi connectivity index (χ4n) is 4.43. The van der Waals surface area contributed by atoms with Crippen LogP contribution >= 0.6 is 0 Å². The van der Waals surface area contributed by atoms with Gasteiger partial charge in [0, 0.05) is 26.2 Å². The van der Waals surface area contributed by atoms with Gasteiger partial charge in [-0.3, -0.25) is 14.5 Å². The molecule has 31 heavy (non-hydrogen) atoms. The molecule has 0 spiro atoms. The average molecular weight is 420 g/mol. The van der Waals surface area contributed by atoms with Crippen molar-refractivity contribution >= 4 is 16.9 Å². The highest BCUT2D eigenvalue weighted by Gasteiger charge is 2.42. The lowest BCUT2D eigenvalue weighted by Crippen LogP contribution is -2.42. The highest BCUT2D eigenvalue weighted by Crippen LogP contribution is 2.38. The SMILES string of the molecule is COc1cccc([C@H]2c3c(oc4ccccc4c3=O)C(=O)N2CCN2CCOCC2)c1. The lowest BCUT2D eigenvalue weighted by molar-refractivity contribution is 0.0314. The molecule has 160 valence electrons. The van der Waals surface area contributed by atoms with E-state index in [-0.39, 0.29) is 17.1 Å². The molecule has 7 nitrogen and oxygen atoms in total. The second kappa shape index (κ2) is 8.17. The van der Waals surface area contributed by atoms with Crippen molar-refractivity contribution in [3.8, 4) is 5.75 Å². The number of methoxy groups -OCH3 is 1. The van der Waals surface area contributed by atoms with Gasteiger partial charge in [0.1, 0.15) is 11.3 Å². The molecule has 0 bridgehead atoms. The van der Waals surface area contributed by atoms with Gasteiger partial charge in [-0.15, -0.1) is 0 Å². The zero-order chi connectivity index (χ0) is 21.4. The zero-order valence-electron chi connectivity index (χ0n) is 17.4. The number of carbonyl (C=O) groups excluding carboxylic acids is 1. The van der Waals surface area contributed by atoms with Crippen molar-refractivity contribution in [2.45, 2.75) is 6.04 Å². The molecule has 2 aliphatic rings. The second-order valence-corrected chi connectivity index (χ2v) is 7.80. The predicted octanol–water partition coefficient (Wildman–Crippen LogP) is 2.68. The minimum atomic E-state index is -0.514. The van der Waals surface area contributed by atoms with E-state index >= 15 is 0 Å². The van der Waals surface area contributed by atoms with E-state index in [9.17, 15) is 9.59 Å². The van der Waals surface area contributed by atoms with Crippen molar-refractivity contribution in [1.82, 2.24) is 9.80 Å². The first-order valence-electron chi connectivity index (χ1n) is 10.5. The molecule has 3 aromatic rings. The summed E-state index contributed by atoms with van der Waals surface area (Å²) >= 11 is 0. The number of nitrogens with zero attached hydrogens (tertiary/aromatic N) is 2. The van der Waals surface area contributed by atoms with Crippen LogP contribution < -0.4 is 10.2 Å². The Balaban J connectivity index is 1.60. The topological polar surface area (TPSA) is 72.2 Å². The molecule has 0 radical (unpaired) electrons. The molecule has 2 aromatic carbocycles. The molecular formula is C24H24N2O5. The van der Waals surface area contributed by atoms with Crippen molar-refractivity contribution in [3.05, 3.63) is 75.6 Å². The molecule has 0 unspecified atom stereocenters. The van der Waals surface area contributed by atoms with E-state index in [4.69, 9.17) is 13.9 Å². The molecule has 5 rings (SSSR count). The van der Waals surface area contributed by atoms with Gasteiger partial charge in [-0.1, -0.05) is 24.3 Å². The minimum absolute atomic E-state index is 0.137. The molecule has 3 heterocycles. The van der Waals surface area contributed by atoms with Gasteiger partial charge in [0.2, 0.25) is 5.76 Å². The van der Waals surface area contributed by atoms with Crippen LogP contribution in [0.15, 0.2) is 57.7 Å². The summed E-state index contributed by atoms with van der Waals surface area (Å²) in [6.45, 7) is 4.25. The van der Waals surface area contributed by atoms with E-state index in [2.05, 4.69) is 4.90 Å². The van der Waals surface area contributed by atoms with Crippen molar-refractivity contribution in [2.24, 2.45) is 0 Å². The van der Waals surface area contributed by atoms with Gasteiger partial charge in [0.05, 0.1) is 37.3 Å². The molecule has 2 aliphatic heterocycles. The van der Waals surface area contributed by atoms with Crippen LogP contribution in [0.5, 0.6) is 5.75 Å². The van der Waals surface area contributed by atoms with E-state index in [0.29, 0.717) is 48.6 Å². The molecule has 0 saturated carbocycles. The summed E-state index contributed by atoms with van der Waals surface area (Å²) in [6, 6.07) is 14.1. The lowest BCUT2D eigenvalue weighted by Gasteiger charge is -2.31. The Morgan fingerprint density at radius 1 is 1.03 bits per heavy atom. The minimum Gasteiger partial charge on any atom is -0.497 e. The molecular weight excluding hydrogens is 396 g/mol. The zero-order valence-corrected chi connectivity index (χ0v) is 17.4. The number of morpholine rings is 1. The van der Waals surface area contributed by atoms with Gasteiger partial charge in [0.15, 0.2) is 5.43 Å². The number of hydrogen-bond acceptors (Lipinski definition) is 6. The van der Waals surface area contributed by atoms with Crippen LogP contribution in [0.1, 0.15) is 27.7 Å². The van der Waals surface area contributed by atoms with Gasteiger partial charge in [-0.2, -0.15) is 0 Å². The molecule has 1 aromatic heterocycles. The molecule has 0 aliphatic carbocycles. The number of hydrogen-bond donors (Lipinski definition) is 0. The first-order chi connectivity index (χ1) is 15.2. The molecule has 1 fully saturated rings. The Labute approximate surface area is 179 Å². The average Bonchev–Trinajstić information content (AvgIpc) is 3.10. The van der Waals surface area contributed by atoms with Crippen molar-refractivity contribution in [1.29, 1.82) is 0 Å². The molecule has 1 amide bonds. The lowest BCUT2D eigenvalue weighted by atomic mass is 9.98. The number of benzene rings is 2. The number of amides is 1. The largest absolute Gasteiger partial charge is 0.497 e. The fraction of sp³-hybridized carbons (Fsp3) is 0.333. The summed E-state index contributed by atoms with van der Waals surface area (Å²) in [4.78, 5) is 30.9. The third kappa shape index (κ3) is 3.49. The van der Waals surface area contributed by atoms with Crippen LogP contribution in [-0.4, -0.2) is 62.2 Å². The summed E-state index contributed by atoms with van der Waals surface area (Å²) in [5.74, 6) is 0.564. The van der Waals surface area contributed by atoms with E-state index < -0.39 is 6.04 Å². The van der Waals surface area contributed by atoms with Crippen molar-refractivity contribution in [3.63, 3.8) is 0 Å². The maximum absolute atomic E-state index is 13.5. The van der Waals surface area contributed by atoms with Crippen LogP contribution in [0, 0.1) is 0 Å². The Hall–Kier alpha value is -3.16. The molecule has 7 heteroatoms. The van der Waals surface area contributed by atoms with E-state index in [1.54, 1.807) is 36.3 Å². The second-order valence-electron chi connectivity index (χ2n) is 7.80. The Morgan fingerprint density at radius 3 is 2.65 bits per heavy atom. The Kier molecular flexibility index (Phi) is 5.21. The smallest absolute Gasteiger partial charge is 0.290 e. The monoisotopic (exact) mass is 420 g/mol. The highest BCUT2D eigenvalue weighted by atomic mass is 16.5. The van der Waals surface area contributed by atoms with Crippen LogP contribution in [0.4, 0.5) is 0 Å². The number of rotatable bonds is 5. The Morgan fingerprint density at radius 2 is 1.84 bits per heavy atom. The van der Waals surface area contributed by atoms with E-state index in [1.165, 1.54) is 0 Å². The number of ether oxygens (including phenoxy) is 2. The van der Waals surface area contributed by atoms with Gasteiger partial charge in [0.25, 0.3) is 5.91 Å². The first-order valence-corrected chi connectivity index (χ1v) is 10.5. The maximum atomic E-state index is 13.5. The first kappa shape index (κ1) is 19.8. The summed E-state index contributed by atoms with van der Waals surface area (Å²) in [6.07, 6.45) is 0. The summed E-state index contributed by atoms with van der Waals surface area (Å²) in [5, 5.41) is 0.483. The Bertz CT molecular complexity index is 1180. The third-order valence-electron chi connectivity index (χ3n) is 6.04. The summed E-state index contributed by atoms with van der Waals surface area (Å²) < 4.78 is 16.8. The van der Waals surface area contributed by atoms with E-state index in [0.717, 1.165) is 18.7 Å². The van der Waals surface area contributed by atoms with Crippen LogP contribution in [0.3, 0.4) is 0 Å². The number of carbonyl (C=O) groups is 1. The van der Waals surface area contributed by atoms with Crippen molar-refractivity contribution < 1.29 is 18.7 Å². The third-order valence-corrected chi connectivity index (χ3v) is 6.04. The standard InChI is InChI=1S/C24H24N2O5/c1-29-17-6-4-5-16(15-17)21-20-22(27)18-7-2-3-8-19(18)31-23(20)24(28)26(21)10-9-25-11-13-30-14-12-25/h2-8,15,21H,9-14H2,1H3/t21-/m0/s1. The number of para-hydroxylation sites is 1. The van der Waals surface area contributed by atoms with Gasteiger partial charge < -0.3 is 18.8 Å². The van der Waals surface area contributed by atoms with Crippen LogP contribution in [-0.2, 0) is 4.74 Å². The quantitative estimate of drug-likeness (QED) is 0.632. The normalized spacial score (nSPS) is 19.1. The van der Waals surface area contributed by atoms with Gasteiger partial charge in [-0.25, -0.2) is 0 Å². The maximum Gasteiger partial charge on any atom is 0.290 e. The fourth-order valence-corrected chi connectivity index (χ4v) is 4.43. The van der Waals surface area contributed by atoms with Crippen LogP contribution in [0.25, 0.3) is 11.0 Å². The number of fused-ring (bicyclic) bond motifs is 2. The van der Waals surface area contributed by atoms with Crippen molar-refractivity contribution in [2.75, 3.05) is 46.5 Å².